The van der Waals surface area contributed by atoms with Crippen LogP contribution in [0, 0.1) is 0 Å². The van der Waals surface area contributed by atoms with Crippen LogP contribution in [0.3, 0.4) is 0 Å². The Morgan fingerprint density at radius 1 is 1.29 bits per heavy atom. The number of anilines is 1. The summed E-state index contributed by atoms with van der Waals surface area (Å²) >= 11 is 0. The molecule has 1 spiro atoms. The van der Waals surface area contributed by atoms with Crippen LogP contribution in [-0.2, 0) is 9.47 Å². The van der Waals surface area contributed by atoms with Gasteiger partial charge in [0.25, 0.3) is 0 Å². The van der Waals surface area contributed by atoms with E-state index in [1.54, 1.807) is 11.1 Å². The summed E-state index contributed by atoms with van der Waals surface area (Å²) in [5.41, 5.74) is 0.553. The molecule has 1 aromatic heterocycles. The van der Waals surface area contributed by atoms with Crippen LogP contribution in [0.15, 0.2) is 12.4 Å². The molecule has 1 unspecified atom stereocenters. The highest BCUT2D eigenvalue weighted by atomic mass is 16.6. The monoisotopic (exact) mass is 332 g/mol. The maximum atomic E-state index is 12.4. The topological polar surface area (TPSA) is 67.8 Å². The number of carbonyl (C=O) groups excluding carboxylic acids is 1. The van der Waals surface area contributed by atoms with Crippen molar-refractivity contribution in [1.29, 1.82) is 0 Å². The molecule has 1 amide bonds. The molecule has 0 saturated carbocycles. The van der Waals surface area contributed by atoms with Crippen LogP contribution in [0.1, 0.15) is 37.3 Å². The molecule has 1 atom stereocenters. The number of rotatable bonds is 2. The van der Waals surface area contributed by atoms with Gasteiger partial charge in [0.1, 0.15) is 5.60 Å². The summed E-state index contributed by atoms with van der Waals surface area (Å²) in [6.07, 6.45) is 6.96. The zero-order chi connectivity index (χ0) is 16.6. The second kappa shape index (κ2) is 6.29. The maximum Gasteiger partial charge on any atom is 0.416 e. The van der Waals surface area contributed by atoms with Gasteiger partial charge in [0, 0.05) is 31.5 Å². The Hall–Kier alpha value is -1.73. The summed E-state index contributed by atoms with van der Waals surface area (Å²) in [7, 11) is 2.14. The van der Waals surface area contributed by atoms with Crippen molar-refractivity contribution in [3.63, 3.8) is 0 Å². The van der Waals surface area contributed by atoms with Crippen LogP contribution < -0.4 is 4.90 Å². The molecule has 3 aliphatic heterocycles. The van der Waals surface area contributed by atoms with E-state index in [1.165, 1.54) is 6.42 Å². The minimum absolute atomic E-state index is 0.316. The van der Waals surface area contributed by atoms with Gasteiger partial charge in [-0.05, 0) is 26.4 Å². The third kappa shape index (κ3) is 2.98. The van der Waals surface area contributed by atoms with Gasteiger partial charge in [-0.25, -0.2) is 9.78 Å². The van der Waals surface area contributed by atoms with Crippen molar-refractivity contribution in [3.8, 4) is 0 Å². The smallest absolute Gasteiger partial charge is 0.416 e. The third-order valence-electron chi connectivity index (χ3n) is 5.33. The van der Waals surface area contributed by atoms with Crippen molar-refractivity contribution in [1.82, 2.24) is 14.9 Å². The Morgan fingerprint density at radius 2 is 2.12 bits per heavy atom. The van der Waals surface area contributed by atoms with Crippen molar-refractivity contribution in [2.75, 3.05) is 44.8 Å². The first-order valence-electron chi connectivity index (χ1n) is 8.74. The highest BCUT2D eigenvalue weighted by molar-refractivity contribution is 5.89. The van der Waals surface area contributed by atoms with Gasteiger partial charge in [-0.15, -0.1) is 0 Å². The Balaban J connectivity index is 1.54. The first kappa shape index (κ1) is 15.8. The molecule has 7 heteroatoms. The number of piperidine rings is 1. The minimum Gasteiger partial charge on any atom is -0.440 e. The maximum absolute atomic E-state index is 12.4. The van der Waals surface area contributed by atoms with Crippen molar-refractivity contribution in [2.24, 2.45) is 0 Å². The first-order chi connectivity index (χ1) is 11.7. The molecule has 1 aromatic rings. The largest absolute Gasteiger partial charge is 0.440 e. The third-order valence-corrected chi connectivity index (χ3v) is 5.33. The molecule has 130 valence electrons. The summed E-state index contributed by atoms with van der Waals surface area (Å²) in [5.74, 6) is 0.987. The Kier molecular flexibility index (Phi) is 4.14. The fourth-order valence-electron chi connectivity index (χ4n) is 3.91. The molecule has 0 aliphatic carbocycles. The second-order valence-electron chi connectivity index (χ2n) is 7.15. The van der Waals surface area contributed by atoms with Crippen LogP contribution in [-0.4, -0.2) is 66.5 Å². The molecule has 7 nitrogen and oxygen atoms in total. The minimum atomic E-state index is -0.419. The fraction of sp³-hybridized carbons (Fsp3) is 0.706. The van der Waals surface area contributed by atoms with Crippen molar-refractivity contribution >= 4 is 11.9 Å². The van der Waals surface area contributed by atoms with Crippen LogP contribution in [0.4, 0.5) is 10.6 Å². The summed E-state index contributed by atoms with van der Waals surface area (Å²) in [5, 5.41) is 0. The number of hydrogen-bond donors (Lipinski definition) is 0. The highest BCUT2D eigenvalue weighted by Gasteiger charge is 2.47. The summed E-state index contributed by atoms with van der Waals surface area (Å²) in [6.45, 7) is 3.94. The Morgan fingerprint density at radius 3 is 2.92 bits per heavy atom. The van der Waals surface area contributed by atoms with E-state index in [9.17, 15) is 4.79 Å². The number of nitrogens with zero attached hydrogens (tertiary/aromatic N) is 4. The van der Waals surface area contributed by atoms with Crippen LogP contribution >= 0.6 is 0 Å². The van der Waals surface area contributed by atoms with Gasteiger partial charge in [-0.1, -0.05) is 0 Å². The van der Waals surface area contributed by atoms with Crippen molar-refractivity contribution < 1.29 is 14.3 Å². The summed E-state index contributed by atoms with van der Waals surface area (Å²) < 4.78 is 11.1. The molecule has 0 bridgehead atoms. The van der Waals surface area contributed by atoms with Gasteiger partial charge in [0.05, 0.1) is 31.6 Å². The lowest BCUT2D eigenvalue weighted by Crippen LogP contribution is -2.40. The molecule has 0 radical (unpaired) electrons. The molecule has 0 N–H and O–H groups in total. The van der Waals surface area contributed by atoms with Crippen LogP contribution in [0.5, 0.6) is 0 Å². The van der Waals surface area contributed by atoms with Crippen LogP contribution in [0.2, 0.25) is 0 Å². The number of ether oxygens (including phenoxy) is 2. The zero-order valence-corrected chi connectivity index (χ0v) is 14.1. The molecule has 4 rings (SSSR count). The van der Waals surface area contributed by atoms with E-state index in [0.29, 0.717) is 31.5 Å². The molecule has 3 fully saturated rings. The molecule has 4 heterocycles. The van der Waals surface area contributed by atoms with Gasteiger partial charge in [0.15, 0.2) is 5.82 Å². The Bertz CT molecular complexity index is 618. The normalized spacial score (nSPS) is 27.5. The lowest BCUT2D eigenvalue weighted by Gasteiger charge is -2.30. The molecular formula is C17H24N4O3. The number of likely N-dealkylation sites (tertiary alicyclic amines) is 1. The average molecular weight is 332 g/mol. The molecule has 24 heavy (non-hydrogen) atoms. The van der Waals surface area contributed by atoms with Crippen molar-refractivity contribution in [3.05, 3.63) is 18.1 Å². The van der Waals surface area contributed by atoms with E-state index in [-0.39, 0.29) is 6.09 Å². The van der Waals surface area contributed by atoms with E-state index in [2.05, 4.69) is 16.9 Å². The van der Waals surface area contributed by atoms with E-state index < -0.39 is 5.60 Å². The molecule has 0 aromatic carbocycles. The number of amides is 1. The SMILES string of the molecule is CN1CCCC(c2cncc(N3CC4(CCOCC4)OC3=O)n2)C1. The molecule has 3 aliphatic rings. The quantitative estimate of drug-likeness (QED) is 0.822. The van der Waals surface area contributed by atoms with Gasteiger partial charge in [0.2, 0.25) is 0 Å². The zero-order valence-electron chi connectivity index (χ0n) is 14.1. The predicted molar refractivity (Wildman–Crippen MR) is 88.1 cm³/mol. The van der Waals surface area contributed by atoms with E-state index in [4.69, 9.17) is 14.5 Å². The number of aromatic nitrogens is 2. The number of hydrogen-bond acceptors (Lipinski definition) is 6. The predicted octanol–water partition coefficient (Wildman–Crippen LogP) is 1.79. The van der Waals surface area contributed by atoms with Gasteiger partial charge in [-0.3, -0.25) is 9.88 Å². The first-order valence-corrected chi connectivity index (χ1v) is 8.74. The Labute approximate surface area is 142 Å². The number of carbonyl (C=O) groups is 1. The summed E-state index contributed by atoms with van der Waals surface area (Å²) in [6, 6.07) is 0. The van der Waals surface area contributed by atoms with E-state index >= 15 is 0 Å². The average Bonchev–Trinajstić information content (AvgIpc) is 2.91. The summed E-state index contributed by atoms with van der Waals surface area (Å²) in [4.78, 5) is 25.4. The van der Waals surface area contributed by atoms with E-state index in [1.807, 2.05) is 6.20 Å². The lowest BCUT2D eigenvalue weighted by molar-refractivity contribution is -0.0431. The van der Waals surface area contributed by atoms with E-state index in [0.717, 1.165) is 38.0 Å². The fourth-order valence-corrected chi connectivity index (χ4v) is 3.91. The highest BCUT2D eigenvalue weighted by Crippen LogP contribution is 2.35. The van der Waals surface area contributed by atoms with Crippen molar-refractivity contribution in [2.45, 2.75) is 37.2 Å². The number of likely N-dealkylation sites (N-methyl/N-ethyl adjacent to an activating group) is 1. The van der Waals surface area contributed by atoms with Crippen LogP contribution in [0.25, 0.3) is 0 Å². The second-order valence-corrected chi connectivity index (χ2v) is 7.15. The van der Waals surface area contributed by atoms with Gasteiger partial charge < -0.3 is 14.4 Å². The molecular weight excluding hydrogens is 308 g/mol. The van der Waals surface area contributed by atoms with Gasteiger partial charge in [-0.2, -0.15) is 0 Å². The van der Waals surface area contributed by atoms with Gasteiger partial charge >= 0.3 is 6.09 Å². The lowest BCUT2D eigenvalue weighted by atomic mass is 9.94. The standard InChI is InChI=1S/C17H24N4O3/c1-20-6-2-3-13(11-20)14-9-18-10-15(19-14)21-12-17(24-16(21)22)4-7-23-8-5-17/h9-10,13H,2-8,11-12H2,1H3. The molecule has 3 saturated heterocycles.